The summed E-state index contributed by atoms with van der Waals surface area (Å²) in [5.41, 5.74) is 2.26. The molecule has 1 saturated heterocycles. The predicted molar refractivity (Wildman–Crippen MR) is 123 cm³/mol. The van der Waals surface area contributed by atoms with Gasteiger partial charge in [-0.15, -0.1) is 5.10 Å². The van der Waals surface area contributed by atoms with Crippen LogP contribution in [0.25, 0.3) is 0 Å². The first-order chi connectivity index (χ1) is 15.2. The van der Waals surface area contributed by atoms with E-state index in [2.05, 4.69) is 27.0 Å². The second kappa shape index (κ2) is 9.98. The van der Waals surface area contributed by atoms with E-state index in [1.165, 1.54) is 0 Å². The van der Waals surface area contributed by atoms with Crippen LogP contribution in [0.3, 0.4) is 0 Å². The molecule has 0 amide bonds. The second-order valence-electron chi connectivity index (χ2n) is 7.43. The molecule has 3 aromatic rings. The molecule has 0 radical (unpaired) electrons. The third-order valence-electron chi connectivity index (χ3n) is 5.37. The molecule has 1 aliphatic heterocycles. The van der Waals surface area contributed by atoms with Crippen LogP contribution in [0.15, 0.2) is 52.9 Å². The molecule has 164 valence electrons. The van der Waals surface area contributed by atoms with Crippen LogP contribution in [0.5, 0.6) is 11.5 Å². The minimum atomic E-state index is 0.410. The summed E-state index contributed by atoms with van der Waals surface area (Å²) in [6, 6.07) is 16.1. The first kappa shape index (κ1) is 21.4. The molecule has 1 aliphatic rings. The number of hydrogen-bond acceptors (Lipinski definition) is 7. The summed E-state index contributed by atoms with van der Waals surface area (Å²) in [6.45, 7) is 7.00. The molecule has 8 heteroatoms. The van der Waals surface area contributed by atoms with Crippen molar-refractivity contribution < 1.29 is 13.9 Å². The molecule has 0 atom stereocenters. The summed E-state index contributed by atoms with van der Waals surface area (Å²) < 4.78 is 18.5. The molecule has 4 rings (SSSR count). The average molecular weight is 441 g/mol. The maximum atomic E-state index is 5.79. The first-order valence-corrected chi connectivity index (χ1v) is 11.0. The van der Waals surface area contributed by atoms with E-state index in [0.717, 1.165) is 48.9 Å². The van der Waals surface area contributed by atoms with Gasteiger partial charge in [-0.1, -0.05) is 24.3 Å². The Labute approximate surface area is 187 Å². The normalized spacial score (nSPS) is 14.6. The van der Waals surface area contributed by atoms with E-state index in [-0.39, 0.29) is 0 Å². The van der Waals surface area contributed by atoms with Crippen LogP contribution < -0.4 is 14.4 Å². The van der Waals surface area contributed by atoms with E-state index in [1.54, 1.807) is 11.8 Å². The van der Waals surface area contributed by atoms with Crippen molar-refractivity contribution in [3.63, 3.8) is 0 Å². The minimum absolute atomic E-state index is 0.410. The van der Waals surface area contributed by atoms with E-state index < -0.39 is 0 Å². The number of methoxy groups -OCH3 is 1. The molecule has 2 heterocycles. The van der Waals surface area contributed by atoms with Gasteiger partial charge in [0.15, 0.2) is 0 Å². The van der Waals surface area contributed by atoms with Gasteiger partial charge < -0.3 is 18.8 Å². The Balaban J connectivity index is 1.35. The van der Waals surface area contributed by atoms with E-state index in [4.69, 9.17) is 26.1 Å². The average Bonchev–Trinajstić information content (AvgIpc) is 3.14. The lowest BCUT2D eigenvalue weighted by Gasteiger charge is -2.36. The van der Waals surface area contributed by atoms with Crippen molar-refractivity contribution in [2.45, 2.75) is 20.0 Å². The quantitative estimate of drug-likeness (QED) is 0.491. The fourth-order valence-corrected chi connectivity index (χ4v) is 3.94. The third kappa shape index (κ3) is 5.26. The lowest BCUT2D eigenvalue weighted by Crippen LogP contribution is -2.47. The van der Waals surface area contributed by atoms with E-state index >= 15 is 0 Å². The monoisotopic (exact) mass is 440 g/mol. The minimum Gasteiger partial charge on any atom is -0.497 e. The third-order valence-corrected chi connectivity index (χ3v) is 5.67. The highest BCUT2D eigenvalue weighted by Crippen LogP contribution is 2.28. The summed E-state index contributed by atoms with van der Waals surface area (Å²) in [4.78, 5) is 5.13. The Morgan fingerprint density at radius 1 is 1.03 bits per heavy atom. The van der Waals surface area contributed by atoms with Gasteiger partial charge in [-0.05, 0) is 49.0 Å². The number of anilines is 1. The van der Waals surface area contributed by atoms with E-state index in [1.807, 2.05) is 43.3 Å². The molecule has 1 aromatic heterocycles. The fraction of sp³-hybridized carbons (Fsp3) is 0.391. The van der Waals surface area contributed by atoms with E-state index in [9.17, 15) is 0 Å². The Morgan fingerprint density at radius 2 is 1.77 bits per heavy atom. The van der Waals surface area contributed by atoms with Crippen LogP contribution in [0.4, 0.5) is 5.69 Å². The summed E-state index contributed by atoms with van der Waals surface area (Å²) in [5.74, 6) is 2.40. The van der Waals surface area contributed by atoms with Crippen LogP contribution in [-0.4, -0.2) is 54.6 Å². The summed E-state index contributed by atoms with van der Waals surface area (Å²) >= 11 is 5.40. The number of rotatable bonds is 8. The van der Waals surface area contributed by atoms with Gasteiger partial charge in [-0.25, -0.2) is 4.68 Å². The van der Waals surface area contributed by atoms with Gasteiger partial charge in [0.2, 0.25) is 5.89 Å². The highest BCUT2D eigenvalue weighted by Gasteiger charge is 2.20. The summed E-state index contributed by atoms with van der Waals surface area (Å²) in [5, 5.41) is 4.60. The van der Waals surface area contributed by atoms with Crippen molar-refractivity contribution in [1.29, 1.82) is 0 Å². The molecular weight excluding hydrogens is 412 g/mol. The number of para-hydroxylation sites is 2. The number of hydrogen-bond donors (Lipinski definition) is 0. The standard InChI is InChI=1S/C23H28N4O3S/c1-3-29-21-7-5-4-6-20(21)26-14-12-25(13-15-26)17-27-23(31)30-22(24-27)16-18-8-10-19(28-2)11-9-18/h4-11H,3,12-17H2,1-2H3. The lowest BCUT2D eigenvalue weighted by atomic mass is 10.1. The number of benzene rings is 2. The number of piperazine rings is 1. The van der Waals surface area contributed by atoms with Crippen molar-refractivity contribution in [2.75, 3.05) is 44.8 Å². The molecule has 2 aromatic carbocycles. The Kier molecular flexibility index (Phi) is 6.89. The number of ether oxygens (including phenoxy) is 2. The highest BCUT2D eigenvalue weighted by atomic mass is 32.1. The molecule has 7 nitrogen and oxygen atoms in total. The maximum absolute atomic E-state index is 5.79. The molecular formula is C23H28N4O3S. The van der Waals surface area contributed by atoms with Gasteiger partial charge in [0.25, 0.3) is 4.84 Å². The van der Waals surface area contributed by atoms with Gasteiger partial charge in [0.05, 0.1) is 32.5 Å². The summed E-state index contributed by atoms with van der Waals surface area (Å²) in [7, 11) is 1.66. The highest BCUT2D eigenvalue weighted by molar-refractivity contribution is 7.71. The lowest BCUT2D eigenvalue weighted by molar-refractivity contribution is 0.191. The van der Waals surface area contributed by atoms with Gasteiger partial charge in [0.1, 0.15) is 11.5 Å². The summed E-state index contributed by atoms with van der Waals surface area (Å²) in [6.07, 6.45) is 0.600. The van der Waals surface area contributed by atoms with Gasteiger partial charge in [-0.2, -0.15) is 0 Å². The molecule has 31 heavy (non-hydrogen) atoms. The Hall–Kier alpha value is -2.84. The first-order valence-electron chi connectivity index (χ1n) is 10.5. The molecule has 0 N–H and O–H groups in total. The second-order valence-corrected chi connectivity index (χ2v) is 7.78. The van der Waals surface area contributed by atoms with Crippen LogP contribution in [0, 0.1) is 4.84 Å². The molecule has 0 unspecified atom stereocenters. The van der Waals surface area contributed by atoms with Gasteiger partial charge in [-0.3, -0.25) is 4.90 Å². The molecule has 1 fully saturated rings. The Morgan fingerprint density at radius 3 is 2.48 bits per heavy atom. The van der Waals surface area contributed by atoms with Crippen LogP contribution >= 0.6 is 12.2 Å². The van der Waals surface area contributed by atoms with Crippen LogP contribution in [0.2, 0.25) is 0 Å². The number of aromatic nitrogens is 2. The van der Waals surface area contributed by atoms with E-state index in [0.29, 0.717) is 30.4 Å². The van der Waals surface area contributed by atoms with Crippen molar-refractivity contribution >= 4 is 17.9 Å². The Bertz CT molecular complexity index is 1040. The molecule has 0 spiro atoms. The number of nitrogens with zero attached hydrogens (tertiary/aromatic N) is 4. The molecule has 0 aliphatic carbocycles. The van der Waals surface area contributed by atoms with Crippen molar-refractivity contribution in [1.82, 2.24) is 14.7 Å². The van der Waals surface area contributed by atoms with Crippen molar-refractivity contribution in [2.24, 2.45) is 0 Å². The zero-order valence-corrected chi connectivity index (χ0v) is 18.8. The van der Waals surface area contributed by atoms with Gasteiger partial charge in [0, 0.05) is 26.2 Å². The SMILES string of the molecule is CCOc1ccccc1N1CCN(Cn2nc(Cc3ccc(OC)cc3)oc2=S)CC1. The molecule has 0 bridgehead atoms. The van der Waals surface area contributed by atoms with Crippen molar-refractivity contribution in [3.8, 4) is 11.5 Å². The van der Waals surface area contributed by atoms with Gasteiger partial charge >= 0.3 is 0 Å². The van der Waals surface area contributed by atoms with Crippen LogP contribution in [0.1, 0.15) is 18.4 Å². The van der Waals surface area contributed by atoms with Crippen LogP contribution in [-0.2, 0) is 13.1 Å². The molecule has 0 saturated carbocycles. The topological polar surface area (TPSA) is 55.9 Å². The predicted octanol–water partition coefficient (Wildman–Crippen LogP) is 3.98. The van der Waals surface area contributed by atoms with Crippen molar-refractivity contribution in [3.05, 3.63) is 64.8 Å². The zero-order valence-electron chi connectivity index (χ0n) is 18.0. The fourth-order valence-electron chi connectivity index (χ4n) is 3.74. The largest absolute Gasteiger partial charge is 0.497 e. The maximum Gasteiger partial charge on any atom is 0.288 e. The smallest absolute Gasteiger partial charge is 0.288 e. The zero-order chi connectivity index (χ0) is 21.6.